The number of likely N-dealkylation sites (tertiary alicyclic amines) is 1. The molecular formula is C10H22N2O. The van der Waals surface area contributed by atoms with Crippen LogP contribution in [0, 0.1) is 11.8 Å². The molecule has 78 valence electrons. The van der Waals surface area contributed by atoms with E-state index < -0.39 is 5.85 Å². The van der Waals surface area contributed by atoms with E-state index in [1.807, 2.05) is 4.90 Å². The van der Waals surface area contributed by atoms with Crippen molar-refractivity contribution in [3.8, 4) is 0 Å². The molecule has 13 heavy (non-hydrogen) atoms. The molecule has 0 radical (unpaired) electrons. The van der Waals surface area contributed by atoms with E-state index in [4.69, 9.17) is 5.73 Å². The zero-order chi connectivity index (χ0) is 10.1. The highest BCUT2D eigenvalue weighted by molar-refractivity contribution is 4.77. The van der Waals surface area contributed by atoms with Crippen LogP contribution in [0.5, 0.6) is 0 Å². The van der Waals surface area contributed by atoms with Crippen molar-refractivity contribution < 1.29 is 5.11 Å². The molecule has 3 nitrogen and oxygen atoms in total. The SMILES string of the molecule is C[C@@H]1CC[C@H](C)CN(C(C)(N)O)C1. The fraction of sp³-hybridized carbons (Fsp3) is 1.00. The molecule has 0 aliphatic carbocycles. The molecule has 0 bridgehead atoms. The number of hydrogen-bond donors (Lipinski definition) is 2. The Hall–Kier alpha value is -0.120. The Morgan fingerprint density at radius 1 is 1.23 bits per heavy atom. The molecule has 1 unspecified atom stereocenters. The van der Waals surface area contributed by atoms with Crippen LogP contribution in [0.2, 0.25) is 0 Å². The van der Waals surface area contributed by atoms with Crippen molar-refractivity contribution in [1.82, 2.24) is 4.90 Å². The predicted molar refractivity (Wildman–Crippen MR) is 53.9 cm³/mol. The number of nitrogens with zero attached hydrogens (tertiary/aromatic N) is 1. The second-order valence-corrected chi connectivity index (χ2v) is 4.79. The van der Waals surface area contributed by atoms with Crippen molar-refractivity contribution in [2.75, 3.05) is 13.1 Å². The van der Waals surface area contributed by atoms with Gasteiger partial charge in [0, 0.05) is 13.1 Å². The first-order valence-corrected chi connectivity index (χ1v) is 5.16. The number of nitrogens with two attached hydrogens (primary N) is 1. The largest absolute Gasteiger partial charge is 0.363 e. The van der Waals surface area contributed by atoms with Crippen LogP contribution in [0.1, 0.15) is 33.6 Å². The minimum Gasteiger partial charge on any atom is -0.363 e. The van der Waals surface area contributed by atoms with Crippen molar-refractivity contribution in [1.29, 1.82) is 0 Å². The summed E-state index contributed by atoms with van der Waals surface area (Å²) in [6.07, 6.45) is 2.49. The van der Waals surface area contributed by atoms with E-state index in [-0.39, 0.29) is 0 Å². The van der Waals surface area contributed by atoms with Gasteiger partial charge in [0.1, 0.15) is 0 Å². The van der Waals surface area contributed by atoms with Crippen molar-refractivity contribution in [2.24, 2.45) is 17.6 Å². The molecule has 0 aromatic carbocycles. The molecule has 0 aromatic heterocycles. The summed E-state index contributed by atoms with van der Waals surface area (Å²) in [5, 5.41) is 9.71. The summed E-state index contributed by atoms with van der Waals surface area (Å²) < 4.78 is 0. The van der Waals surface area contributed by atoms with Gasteiger partial charge in [-0.05, 0) is 31.6 Å². The van der Waals surface area contributed by atoms with E-state index in [1.54, 1.807) is 6.92 Å². The van der Waals surface area contributed by atoms with Crippen LogP contribution < -0.4 is 5.73 Å². The second-order valence-electron chi connectivity index (χ2n) is 4.79. The summed E-state index contributed by atoms with van der Waals surface area (Å²) in [5.41, 5.74) is 5.69. The molecule has 1 fully saturated rings. The Bertz CT molecular complexity index is 153. The van der Waals surface area contributed by atoms with E-state index in [2.05, 4.69) is 13.8 Å². The molecule has 1 rings (SSSR count). The average Bonchev–Trinajstić information content (AvgIpc) is 2.12. The third-order valence-electron chi connectivity index (χ3n) is 2.86. The van der Waals surface area contributed by atoms with E-state index >= 15 is 0 Å². The van der Waals surface area contributed by atoms with Gasteiger partial charge < -0.3 is 5.11 Å². The van der Waals surface area contributed by atoms with Crippen LogP contribution in [-0.4, -0.2) is 28.9 Å². The lowest BCUT2D eigenvalue weighted by Crippen LogP contribution is -2.55. The van der Waals surface area contributed by atoms with Crippen LogP contribution in [-0.2, 0) is 0 Å². The molecule has 3 atom stereocenters. The fourth-order valence-electron chi connectivity index (χ4n) is 1.95. The quantitative estimate of drug-likeness (QED) is 0.600. The highest BCUT2D eigenvalue weighted by Crippen LogP contribution is 2.22. The van der Waals surface area contributed by atoms with E-state index in [0.717, 1.165) is 13.1 Å². The molecule has 0 saturated carbocycles. The summed E-state index contributed by atoms with van der Waals surface area (Å²) in [5.74, 6) is 0.132. The maximum absolute atomic E-state index is 9.71. The maximum atomic E-state index is 9.71. The third kappa shape index (κ3) is 3.25. The molecule has 1 saturated heterocycles. The Labute approximate surface area is 80.9 Å². The van der Waals surface area contributed by atoms with Gasteiger partial charge >= 0.3 is 0 Å². The van der Waals surface area contributed by atoms with Gasteiger partial charge in [0.05, 0.1) is 0 Å². The first-order chi connectivity index (χ1) is 5.89. The van der Waals surface area contributed by atoms with Crippen LogP contribution in [0.4, 0.5) is 0 Å². The van der Waals surface area contributed by atoms with Crippen molar-refractivity contribution in [2.45, 2.75) is 39.5 Å². The zero-order valence-electron chi connectivity index (χ0n) is 8.95. The van der Waals surface area contributed by atoms with Gasteiger partial charge in [-0.1, -0.05) is 13.8 Å². The first kappa shape index (κ1) is 11.0. The van der Waals surface area contributed by atoms with Gasteiger partial charge in [-0.15, -0.1) is 0 Å². The summed E-state index contributed by atoms with van der Waals surface area (Å²) in [4.78, 5) is 1.98. The summed E-state index contributed by atoms with van der Waals surface area (Å²) in [6, 6.07) is 0. The molecule has 0 spiro atoms. The molecule has 0 aromatic rings. The molecular weight excluding hydrogens is 164 g/mol. The number of hydrogen-bond acceptors (Lipinski definition) is 3. The summed E-state index contributed by atoms with van der Waals surface area (Å²) in [7, 11) is 0. The Morgan fingerprint density at radius 2 is 1.62 bits per heavy atom. The van der Waals surface area contributed by atoms with Crippen molar-refractivity contribution in [3.05, 3.63) is 0 Å². The van der Waals surface area contributed by atoms with Gasteiger partial charge in [-0.2, -0.15) is 0 Å². The Kier molecular flexibility index (Phi) is 3.33. The third-order valence-corrected chi connectivity index (χ3v) is 2.86. The molecule has 1 aliphatic rings. The molecule has 3 heteroatoms. The molecule has 3 N–H and O–H groups in total. The minimum atomic E-state index is -1.15. The molecule has 0 amide bonds. The average molecular weight is 186 g/mol. The van der Waals surface area contributed by atoms with E-state index in [9.17, 15) is 5.11 Å². The van der Waals surface area contributed by atoms with Gasteiger partial charge in [-0.3, -0.25) is 10.6 Å². The zero-order valence-corrected chi connectivity index (χ0v) is 8.95. The van der Waals surface area contributed by atoms with Crippen LogP contribution in [0.15, 0.2) is 0 Å². The van der Waals surface area contributed by atoms with Gasteiger partial charge in [0.25, 0.3) is 0 Å². The van der Waals surface area contributed by atoms with Crippen LogP contribution in [0.25, 0.3) is 0 Å². The minimum absolute atomic E-state index is 0.639. The van der Waals surface area contributed by atoms with E-state index in [0.29, 0.717) is 11.8 Å². The lowest BCUT2D eigenvalue weighted by atomic mass is 10.0. The van der Waals surface area contributed by atoms with Crippen LogP contribution >= 0.6 is 0 Å². The highest BCUT2D eigenvalue weighted by Gasteiger charge is 2.29. The fourth-order valence-corrected chi connectivity index (χ4v) is 1.95. The molecule has 1 aliphatic heterocycles. The van der Waals surface area contributed by atoms with Gasteiger partial charge in [0.2, 0.25) is 0 Å². The number of rotatable bonds is 1. The number of aliphatic hydroxyl groups is 1. The molecule has 1 heterocycles. The van der Waals surface area contributed by atoms with Crippen molar-refractivity contribution in [3.63, 3.8) is 0 Å². The lowest BCUT2D eigenvalue weighted by Gasteiger charge is -2.34. The topological polar surface area (TPSA) is 49.5 Å². The standard InChI is InChI=1S/C10H22N2O/c1-8-4-5-9(2)7-12(6-8)10(3,11)13/h8-9,13H,4-7,11H2,1-3H3/t8-,9+,10?. The Balaban J connectivity index is 2.62. The van der Waals surface area contributed by atoms with Gasteiger partial charge in [0.15, 0.2) is 5.85 Å². The monoisotopic (exact) mass is 186 g/mol. The van der Waals surface area contributed by atoms with Crippen molar-refractivity contribution >= 4 is 0 Å². The van der Waals surface area contributed by atoms with E-state index in [1.165, 1.54) is 12.8 Å². The van der Waals surface area contributed by atoms with Gasteiger partial charge in [-0.25, -0.2) is 0 Å². The van der Waals surface area contributed by atoms with Crippen LogP contribution in [0.3, 0.4) is 0 Å². The second kappa shape index (κ2) is 3.95. The Morgan fingerprint density at radius 3 is 1.92 bits per heavy atom. The highest BCUT2D eigenvalue weighted by atomic mass is 16.3. The normalized spacial score (nSPS) is 36.7. The smallest absolute Gasteiger partial charge is 0.168 e. The summed E-state index contributed by atoms with van der Waals surface area (Å²) >= 11 is 0. The predicted octanol–water partition coefficient (Wildman–Crippen LogP) is 0.979. The first-order valence-electron chi connectivity index (χ1n) is 5.16. The summed E-state index contributed by atoms with van der Waals surface area (Å²) in [6.45, 7) is 7.92. The lowest BCUT2D eigenvalue weighted by molar-refractivity contribution is -0.0955. The maximum Gasteiger partial charge on any atom is 0.168 e.